The zero-order valence-electron chi connectivity index (χ0n) is 11.1. The van der Waals surface area contributed by atoms with Gasteiger partial charge in [-0.15, -0.1) is 0 Å². The number of urea groups is 1. The van der Waals surface area contributed by atoms with E-state index in [2.05, 4.69) is 10.6 Å². The van der Waals surface area contributed by atoms with Crippen LogP contribution in [-0.2, 0) is 9.53 Å². The molecule has 5 heteroatoms. The van der Waals surface area contributed by atoms with E-state index in [0.29, 0.717) is 12.3 Å². The summed E-state index contributed by atoms with van der Waals surface area (Å²) < 4.78 is 4.97. The van der Waals surface area contributed by atoms with Crippen molar-refractivity contribution in [3.63, 3.8) is 0 Å². The quantitative estimate of drug-likeness (QED) is 0.587. The Kier molecular flexibility index (Phi) is 7.09. The highest BCUT2D eigenvalue weighted by Crippen LogP contribution is 2.03. The third-order valence-corrected chi connectivity index (χ3v) is 2.41. The maximum absolute atomic E-state index is 11.5. The highest BCUT2D eigenvalue weighted by Gasteiger charge is 2.04. The van der Waals surface area contributed by atoms with Crippen LogP contribution in [0.25, 0.3) is 0 Å². The Morgan fingerprint density at radius 2 is 1.95 bits per heavy atom. The van der Waals surface area contributed by atoms with E-state index < -0.39 is 0 Å². The average molecular weight is 264 g/mol. The summed E-state index contributed by atoms with van der Waals surface area (Å²) in [6.45, 7) is 2.75. The number of carbonyl (C=O) groups is 2. The topological polar surface area (TPSA) is 67.4 Å². The second-order valence-corrected chi connectivity index (χ2v) is 4.07. The normalized spacial score (nSPS) is 9.74. The summed E-state index contributed by atoms with van der Waals surface area (Å²) in [5.74, 6) is -0.284. The fraction of sp³-hybridized carbons (Fsp3) is 0.429. The van der Waals surface area contributed by atoms with Gasteiger partial charge in [-0.05, 0) is 18.6 Å². The van der Waals surface area contributed by atoms with E-state index >= 15 is 0 Å². The number of unbranched alkanes of at least 4 members (excludes halogenated alkanes) is 1. The number of para-hydroxylation sites is 1. The van der Waals surface area contributed by atoms with Crippen LogP contribution in [0.5, 0.6) is 0 Å². The summed E-state index contributed by atoms with van der Waals surface area (Å²) in [5, 5.41) is 5.27. The molecule has 0 bridgehead atoms. The Morgan fingerprint density at radius 1 is 1.21 bits per heavy atom. The van der Waals surface area contributed by atoms with Crippen molar-refractivity contribution in [2.75, 3.05) is 18.5 Å². The minimum atomic E-state index is -0.326. The van der Waals surface area contributed by atoms with Crippen LogP contribution in [-0.4, -0.2) is 25.2 Å². The van der Waals surface area contributed by atoms with Gasteiger partial charge in [0, 0.05) is 12.2 Å². The van der Waals surface area contributed by atoms with Crippen LogP contribution in [0.4, 0.5) is 10.5 Å². The Bertz CT molecular complexity index is 393. The number of rotatable bonds is 7. The zero-order valence-corrected chi connectivity index (χ0v) is 11.1. The Hall–Kier alpha value is -2.04. The lowest BCUT2D eigenvalue weighted by Crippen LogP contribution is -2.30. The number of carbonyl (C=O) groups excluding carboxylic acids is 2. The monoisotopic (exact) mass is 264 g/mol. The Morgan fingerprint density at radius 3 is 2.63 bits per heavy atom. The van der Waals surface area contributed by atoms with Crippen molar-refractivity contribution in [3.8, 4) is 0 Å². The smallest absolute Gasteiger partial charge is 0.319 e. The lowest BCUT2D eigenvalue weighted by molar-refractivity contribution is -0.143. The molecule has 19 heavy (non-hydrogen) atoms. The first kappa shape index (κ1) is 15.0. The van der Waals surface area contributed by atoms with Crippen LogP contribution in [0.3, 0.4) is 0 Å². The van der Waals surface area contributed by atoms with Gasteiger partial charge in [-0.1, -0.05) is 31.5 Å². The summed E-state index contributed by atoms with van der Waals surface area (Å²) >= 11 is 0. The molecule has 0 saturated carbocycles. The third-order valence-electron chi connectivity index (χ3n) is 2.41. The number of nitrogens with one attached hydrogen (secondary N) is 2. The summed E-state index contributed by atoms with van der Waals surface area (Å²) in [6, 6.07) is 8.79. The van der Waals surface area contributed by atoms with Gasteiger partial charge in [0.15, 0.2) is 0 Å². The summed E-state index contributed by atoms with van der Waals surface area (Å²) in [4.78, 5) is 22.7. The van der Waals surface area contributed by atoms with E-state index in [1.165, 1.54) is 0 Å². The highest BCUT2D eigenvalue weighted by molar-refractivity contribution is 5.89. The molecular formula is C14H20N2O3. The third kappa shape index (κ3) is 7.08. The zero-order chi connectivity index (χ0) is 13.9. The number of amides is 2. The average Bonchev–Trinajstić information content (AvgIpc) is 2.40. The summed E-state index contributed by atoms with van der Waals surface area (Å²) in [6.07, 6.45) is 2.05. The predicted octanol–water partition coefficient (Wildman–Crippen LogP) is 2.54. The molecule has 0 aliphatic rings. The largest absolute Gasteiger partial charge is 0.466 e. The van der Waals surface area contributed by atoms with Gasteiger partial charge in [-0.2, -0.15) is 0 Å². The van der Waals surface area contributed by atoms with Crippen molar-refractivity contribution in [2.45, 2.75) is 26.2 Å². The molecule has 0 radical (unpaired) electrons. The minimum Gasteiger partial charge on any atom is -0.466 e. The van der Waals surface area contributed by atoms with Gasteiger partial charge in [-0.25, -0.2) is 4.79 Å². The molecule has 0 atom stereocenters. The number of anilines is 1. The van der Waals surface area contributed by atoms with Crippen molar-refractivity contribution in [2.24, 2.45) is 0 Å². The molecule has 0 heterocycles. The van der Waals surface area contributed by atoms with Crippen molar-refractivity contribution < 1.29 is 14.3 Å². The molecule has 104 valence electrons. The number of hydrogen-bond donors (Lipinski definition) is 2. The first-order valence-electron chi connectivity index (χ1n) is 6.48. The van der Waals surface area contributed by atoms with Gasteiger partial charge in [0.05, 0.1) is 13.0 Å². The predicted molar refractivity (Wildman–Crippen MR) is 73.9 cm³/mol. The van der Waals surface area contributed by atoms with Gasteiger partial charge in [0.2, 0.25) is 0 Å². The molecule has 1 aromatic carbocycles. The van der Waals surface area contributed by atoms with Crippen LogP contribution in [0, 0.1) is 0 Å². The fourth-order valence-corrected chi connectivity index (χ4v) is 1.38. The van der Waals surface area contributed by atoms with E-state index in [-0.39, 0.29) is 25.0 Å². The van der Waals surface area contributed by atoms with Crippen molar-refractivity contribution in [3.05, 3.63) is 30.3 Å². The van der Waals surface area contributed by atoms with Gasteiger partial charge in [0.25, 0.3) is 0 Å². The number of hydrogen-bond acceptors (Lipinski definition) is 3. The molecule has 0 spiro atoms. The van der Waals surface area contributed by atoms with Crippen molar-refractivity contribution >= 4 is 17.7 Å². The molecule has 0 aliphatic carbocycles. The maximum Gasteiger partial charge on any atom is 0.319 e. The molecule has 0 unspecified atom stereocenters. The van der Waals surface area contributed by atoms with Crippen LogP contribution in [0.1, 0.15) is 26.2 Å². The summed E-state index contributed by atoms with van der Waals surface area (Å²) in [7, 11) is 0. The van der Waals surface area contributed by atoms with Gasteiger partial charge in [0.1, 0.15) is 0 Å². The van der Waals surface area contributed by atoms with Gasteiger partial charge >= 0.3 is 12.0 Å². The van der Waals surface area contributed by atoms with Crippen molar-refractivity contribution in [1.82, 2.24) is 5.32 Å². The lowest BCUT2D eigenvalue weighted by atomic mass is 10.3. The Labute approximate surface area is 113 Å². The Balaban J connectivity index is 2.12. The molecule has 1 rings (SSSR count). The van der Waals surface area contributed by atoms with E-state index in [9.17, 15) is 9.59 Å². The van der Waals surface area contributed by atoms with E-state index in [4.69, 9.17) is 4.74 Å². The number of benzene rings is 1. The van der Waals surface area contributed by atoms with E-state index in [1.807, 2.05) is 25.1 Å². The molecule has 0 saturated heterocycles. The van der Waals surface area contributed by atoms with Gasteiger partial charge in [-0.3, -0.25) is 4.79 Å². The highest BCUT2D eigenvalue weighted by atomic mass is 16.5. The molecule has 0 fully saturated rings. The van der Waals surface area contributed by atoms with Crippen LogP contribution < -0.4 is 10.6 Å². The second kappa shape index (κ2) is 8.97. The summed E-state index contributed by atoms with van der Waals surface area (Å²) in [5.41, 5.74) is 0.713. The number of esters is 1. The molecule has 0 aromatic heterocycles. The molecule has 2 N–H and O–H groups in total. The molecule has 5 nitrogen and oxygen atoms in total. The number of ether oxygens (including phenoxy) is 1. The van der Waals surface area contributed by atoms with Crippen LogP contribution in [0.15, 0.2) is 30.3 Å². The molecular weight excluding hydrogens is 244 g/mol. The molecule has 2 amide bonds. The SMILES string of the molecule is CCCCOC(=O)CCNC(=O)Nc1ccccc1. The van der Waals surface area contributed by atoms with E-state index in [0.717, 1.165) is 12.8 Å². The molecule has 1 aromatic rings. The van der Waals surface area contributed by atoms with Gasteiger partial charge < -0.3 is 15.4 Å². The van der Waals surface area contributed by atoms with E-state index in [1.54, 1.807) is 12.1 Å². The fourth-order valence-electron chi connectivity index (χ4n) is 1.38. The van der Waals surface area contributed by atoms with Crippen LogP contribution >= 0.6 is 0 Å². The minimum absolute atomic E-state index is 0.186. The first-order chi connectivity index (χ1) is 9.22. The standard InChI is InChI=1S/C14H20N2O3/c1-2-3-11-19-13(17)9-10-15-14(18)16-12-7-5-4-6-8-12/h4-8H,2-3,9-11H2,1H3,(H2,15,16,18). The van der Waals surface area contributed by atoms with Crippen molar-refractivity contribution in [1.29, 1.82) is 0 Å². The van der Waals surface area contributed by atoms with Crippen LogP contribution in [0.2, 0.25) is 0 Å². The maximum atomic E-state index is 11.5. The molecule has 0 aliphatic heterocycles. The lowest BCUT2D eigenvalue weighted by Gasteiger charge is -2.07. The first-order valence-corrected chi connectivity index (χ1v) is 6.48. The second-order valence-electron chi connectivity index (χ2n) is 4.07.